The number of hydrogen-bond acceptors (Lipinski definition) is 3. The SMILES string of the molecule is C=C(C)COCCNCCN1CCCC1. The summed E-state index contributed by atoms with van der Waals surface area (Å²) in [5.74, 6) is 0. The van der Waals surface area contributed by atoms with Gasteiger partial charge in [-0.25, -0.2) is 0 Å². The highest BCUT2D eigenvalue weighted by molar-refractivity contribution is 4.87. The van der Waals surface area contributed by atoms with Gasteiger partial charge in [0.15, 0.2) is 0 Å². The molecule has 3 nitrogen and oxygen atoms in total. The number of ether oxygens (including phenoxy) is 1. The number of rotatable bonds is 8. The Morgan fingerprint density at radius 1 is 1.33 bits per heavy atom. The van der Waals surface area contributed by atoms with Gasteiger partial charge in [-0.15, -0.1) is 0 Å². The summed E-state index contributed by atoms with van der Waals surface area (Å²) in [6.07, 6.45) is 2.75. The molecule has 1 fully saturated rings. The monoisotopic (exact) mass is 212 g/mol. The van der Waals surface area contributed by atoms with Gasteiger partial charge in [-0.05, 0) is 32.9 Å². The van der Waals surface area contributed by atoms with Gasteiger partial charge in [-0.3, -0.25) is 0 Å². The van der Waals surface area contributed by atoms with Crippen molar-refractivity contribution in [3.8, 4) is 0 Å². The van der Waals surface area contributed by atoms with Gasteiger partial charge in [0.1, 0.15) is 0 Å². The van der Waals surface area contributed by atoms with Crippen molar-refractivity contribution in [3.63, 3.8) is 0 Å². The normalized spacial score (nSPS) is 17.1. The minimum atomic E-state index is 0.688. The Balaban J connectivity index is 1.78. The van der Waals surface area contributed by atoms with Crippen molar-refractivity contribution in [1.82, 2.24) is 10.2 Å². The molecular formula is C12H24N2O. The first kappa shape index (κ1) is 12.7. The van der Waals surface area contributed by atoms with Gasteiger partial charge >= 0.3 is 0 Å². The summed E-state index contributed by atoms with van der Waals surface area (Å²) in [7, 11) is 0. The van der Waals surface area contributed by atoms with Gasteiger partial charge in [-0.1, -0.05) is 12.2 Å². The maximum Gasteiger partial charge on any atom is 0.0672 e. The quantitative estimate of drug-likeness (QED) is 0.484. The van der Waals surface area contributed by atoms with Crippen LogP contribution in [-0.4, -0.2) is 50.8 Å². The number of hydrogen-bond donors (Lipinski definition) is 1. The molecule has 0 unspecified atom stereocenters. The van der Waals surface area contributed by atoms with Crippen molar-refractivity contribution in [3.05, 3.63) is 12.2 Å². The van der Waals surface area contributed by atoms with Crippen molar-refractivity contribution in [1.29, 1.82) is 0 Å². The molecule has 0 aromatic heterocycles. The van der Waals surface area contributed by atoms with Crippen LogP contribution < -0.4 is 5.32 Å². The summed E-state index contributed by atoms with van der Waals surface area (Å²) < 4.78 is 5.39. The molecule has 1 aliphatic rings. The van der Waals surface area contributed by atoms with E-state index in [0.29, 0.717) is 6.61 Å². The molecule has 0 aromatic carbocycles. The summed E-state index contributed by atoms with van der Waals surface area (Å²) in [6.45, 7) is 13.0. The minimum Gasteiger partial charge on any atom is -0.376 e. The first-order chi connectivity index (χ1) is 7.29. The highest BCUT2D eigenvalue weighted by atomic mass is 16.5. The van der Waals surface area contributed by atoms with E-state index in [1.807, 2.05) is 6.92 Å². The van der Waals surface area contributed by atoms with E-state index < -0.39 is 0 Å². The molecule has 1 N–H and O–H groups in total. The summed E-state index contributed by atoms with van der Waals surface area (Å²) >= 11 is 0. The van der Waals surface area contributed by atoms with E-state index in [1.54, 1.807) is 0 Å². The van der Waals surface area contributed by atoms with Crippen LogP contribution in [0.1, 0.15) is 19.8 Å². The maximum absolute atomic E-state index is 5.39. The van der Waals surface area contributed by atoms with Gasteiger partial charge < -0.3 is 15.0 Å². The highest BCUT2D eigenvalue weighted by Gasteiger charge is 2.09. The Labute approximate surface area is 93.5 Å². The molecule has 3 heteroatoms. The van der Waals surface area contributed by atoms with Crippen molar-refractivity contribution in [2.45, 2.75) is 19.8 Å². The number of nitrogens with zero attached hydrogens (tertiary/aromatic N) is 1. The van der Waals surface area contributed by atoms with E-state index in [4.69, 9.17) is 4.74 Å². The van der Waals surface area contributed by atoms with Crippen LogP contribution in [0.15, 0.2) is 12.2 Å². The Morgan fingerprint density at radius 3 is 2.73 bits per heavy atom. The molecule has 0 saturated carbocycles. The van der Waals surface area contributed by atoms with Crippen LogP contribution in [-0.2, 0) is 4.74 Å². The standard InChI is InChI=1S/C12H24N2O/c1-12(2)11-15-10-6-13-5-9-14-7-3-4-8-14/h13H,1,3-11H2,2H3. The molecule has 0 aromatic rings. The fraction of sp³-hybridized carbons (Fsp3) is 0.833. The average Bonchev–Trinajstić information content (AvgIpc) is 2.68. The van der Waals surface area contributed by atoms with Gasteiger partial charge in [0.25, 0.3) is 0 Å². The van der Waals surface area contributed by atoms with Crippen LogP contribution in [0, 0.1) is 0 Å². The van der Waals surface area contributed by atoms with Crippen molar-refractivity contribution >= 4 is 0 Å². The topological polar surface area (TPSA) is 24.5 Å². The third-order valence-corrected chi connectivity index (χ3v) is 2.58. The molecule has 1 rings (SSSR count). The Bertz CT molecular complexity index is 176. The van der Waals surface area contributed by atoms with Gasteiger partial charge in [0.05, 0.1) is 13.2 Å². The fourth-order valence-corrected chi connectivity index (χ4v) is 1.76. The summed E-state index contributed by atoms with van der Waals surface area (Å²) in [4.78, 5) is 2.52. The van der Waals surface area contributed by atoms with E-state index in [2.05, 4.69) is 16.8 Å². The average molecular weight is 212 g/mol. The van der Waals surface area contributed by atoms with Crippen LogP contribution in [0.2, 0.25) is 0 Å². The highest BCUT2D eigenvalue weighted by Crippen LogP contribution is 2.05. The van der Waals surface area contributed by atoms with Crippen LogP contribution in [0.5, 0.6) is 0 Å². The van der Waals surface area contributed by atoms with E-state index in [0.717, 1.165) is 25.3 Å². The fourth-order valence-electron chi connectivity index (χ4n) is 1.76. The lowest BCUT2D eigenvalue weighted by Gasteiger charge is -2.14. The third kappa shape index (κ3) is 6.66. The third-order valence-electron chi connectivity index (χ3n) is 2.58. The van der Waals surface area contributed by atoms with Crippen LogP contribution >= 0.6 is 0 Å². The first-order valence-corrected chi connectivity index (χ1v) is 5.94. The van der Waals surface area contributed by atoms with E-state index in [9.17, 15) is 0 Å². The lowest BCUT2D eigenvalue weighted by atomic mass is 10.4. The molecule has 0 radical (unpaired) electrons. The Morgan fingerprint density at radius 2 is 2.07 bits per heavy atom. The number of likely N-dealkylation sites (tertiary alicyclic amines) is 1. The summed E-state index contributed by atoms with van der Waals surface area (Å²) in [5, 5.41) is 3.39. The number of nitrogens with one attached hydrogen (secondary N) is 1. The van der Waals surface area contributed by atoms with E-state index >= 15 is 0 Å². The predicted octanol–water partition coefficient (Wildman–Crippen LogP) is 1.26. The zero-order valence-electron chi connectivity index (χ0n) is 9.93. The Hall–Kier alpha value is -0.380. The molecule has 0 amide bonds. The molecule has 0 atom stereocenters. The second-order valence-corrected chi connectivity index (χ2v) is 4.31. The zero-order chi connectivity index (χ0) is 10.9. The summed E-state index contributed by atoms with van der Waals surface area (Å²) in [5.41, 5.74) is 1.09. The first-order valence-electron chi connectivity index (χ1n) is 5.94. The molecule has 1 aliphatic heterocycles. The Kier molecular flexibility index (Phi) is 6.64. The smallest absolute Gasteiger partial charge is 0.0672 e. The lowest BCUT2D eigenvalue weighted by molar-refractivity contribution is 0.157. The molecule has 0 aliphatic carbocycles. The molecule has 1 heterocycles. The molecule has 0 bridgehead atoms. The molecule has 88 valence electrons. The lowest BCUT2D eigenvalue weighted by Crippen LogP contribution is -2.31. The van der Waals surface area contributed by atoms with Gasteiger partial charge in [0, 0.05) is 19.6 Å². The van der Waals surface area contributed by atoms with Crippen LogP contribution in [0.3, 0.4) is 0 Å². The van der Waals surface area contributed by atoms with E-state index in [-0.39, 0.29) is 0 Å². The van der Waals surface area contributed by atoms with Gasteiger partial charge in [-0.2, -0.15) is 0 Å². The van der Waals surface area contributed by atoms with E-state index in [1.165, 1.54) is 32.5 Å². The molecule has 0 spiro atoms. The van der Waals surface area contributed by atoms with Crippen molar-refractivity contribution in [2.75, 3.05) is 45.9 Å². The second-order valence-electron chi connectivity index (χ2n) is 4.31. The summed E-state index contributed by atoms with van der Waals surface area (Å²) in [6, 6.07) is 0. The molecular weight excluding hydrogens is 188 g/mol. The molecule has 15 heavy (non-hydrogen) atoms. The maximum atomic E-state index is 5.39. The van der Waals surface area contributed by atoms with Crippen molar-refractivity contribution < 1.29 is 4.74 Å². The second kappa shape index (κ2) is 7.85. The molecule has 1 saturated heterocycles. The minimum absolute atomic E-state index is 0.688. The van der Waals surface area contributed by atoms with Crippen molar-refractivity contribution in [2.24, 2.45) is 0 Å². The van der Waals surface area contributed by atoms with Crippen LogP contribution in [0.4, 0.5) is 0 Å². The zero-order valence-corrected chi connectivity index (χ0v) is 9.93. The van der Waals surface area contributed by atoms with Gasteiger partial charge in [0.2, 0.25) is 0 Å². The van der Waals surface area contributed by atoms with Crippen LogP contribution in [0.25, 0.3) is 0 Å². The largest absolute Gasteiger partial charge is 0.376 e. The predicted molar refractivity (Wildman–Crippen MR) is 64.2 cm³/mol.